The van der Waals surface area contributed by atoms with E-state index in [1.54, 1.807) is 6.07 Å². The molecular formula is C23H24F3N3O2. The molecule has 0 aliphatic carbocycles. The Morgan fingerprint density at radius 3 is 2.74 bits per heavy atom. The van der Waals surface area contributed by atoms with Crippen LogP contribution in [-0.2, 0) is 13.0 Å². The maximum absolute atomic E-state index is 12.4. The number of halogens is 3. The lowest BCUT2D eigenvalue weighted by atomic mass is 9.99. The van der Waals surface area contributed by atoms with Gasteiger partial charge in [0.05, 0.1) is 0 Å². The van der Waals surface area contributed by atoms with E-state index in [0.29, 0.717) is 18.8 Å². The molecule has 0 bridgehead atoms. The fourth-order valence-electron chi connectivity index (χ4n) is 3.93. The number of fused-ring (bicyclic) bond motifs is 2. The van der Waals surface area contributed by atoms with E-state index in [9.17, 15) is 18.0 Å². The standard InChI is InChI=1S/C23H24F3N3O2/c24-23(25,26)31-19-8-7-16-9-12-29(15-18(16)13-19)11-4-3-10-27-22(30)21-14-17-5-1-2-6-20(17)28-21/h1-2,5-8,13-14,28H,3-4,9-12,15H2,(H,27,30). The number of carbonyl (C=O) groups is 1. The number of alkyl halides is 3. The Bertz CT molecular complexity index is 1030. The molecule has 1 aliphatic heterocycles. The molecule has 5 nitrogen and oxygen atoms in total. The summed E-state index contributed by atoms with van der Waals surface area (Å²) in [6, 6.07) is 14.1. The van der Waals surface area contributed by atoms with Crippen LogP contribution in [0.4, 0.5) is 13.2 Å². The highest BCUT2D eigenvalue weighted by Crippen LogP contribution is 2.28. The maximum Gasteiger partial charge on any atom is 0.573 e. The Kier molecular flexibility index (Phi) is 6.18. The Morgan fingerprint density at radius 1 is 1.10 bits per heavy atom. The van der Waals surface area contributed by atoms with E-state index in [2.05, 4.69) is 19.9 Å². The van der Waals surface area contributed by atoms with Gasteiger partial charge in [0.1, 0.15) is 11.4 Å². The van der Waals surface area contributed by atoms with Crippen molar-refractivity contribution in [1.29, 1.82) is 0 Å². The number of aromatic nitrogens is 1. The SMILES string of the molecule is O=C(NCCCCN1CCc2ccc(OC(F)(F)F)cc2C1)c1cc2ccccc2[nH]1. The summed E-state index contributed by atoms with van der Waals surface area (Å²) in [6.07, 6.45) is -2.16. The second-order valence-corrected chi connectivity index (χ2v) is 7.74. The largest absolute Gasteiger partial charge is 0.573 e. The topological polar surface area (TPSA) is 57.4 Å². The lowest BCUT2D eigenvalue weighted by Crippen LogP contribution is -2.32. The van der Waals surface area contributed by atoms with E-state index in [-0.39, 0.29) is 11.7 Å². The molecule has 0 saturated heterocycles. The number of nitrogens with one attached hydrogen (secondary N) is 2. The second-order valence-electron chi connectivity index (χ2n) is 7.74. The van der Waals surface area contributed by atoms with Gasteiger partial charge in [-0.2, -0.15) is 0 Å². The minimum absolute atomic E-state index is 0.125. The number of unbranched alkanes of at least 4 members (excludes halogenated alkanes) is 1. The zero-order valence-electron chi connectivity index (χ0n) is 17.0. The van der Waals surface area contributed by atoms with Crippen LogP contribution in [0.1, 0.15) is 34.5 Å². The number of para-hydroxylation sites is 1. The van der Waals surface area contributed by atoms with Gasteiger partial charge >= 0.3 is 6.36 Å². The molecule has 164 valence electrons. The number of carbonyl (C=O) groups excluding carboxylic acids is 1. The monoisotopic (exact) mass is 431 g/mol. The van der Waals surface area contributed by atoms with Gasteiger partial charge in [-0.05, 0) is 61.2 Å². The van der Waals surface area contributed by atoms with Crippen LogP contribution in [0, 0.1) is 0 Å². The third-order valence-electron chi connectivity index (χ3n) is 5.46. The molecule has 3 aromatic rings. The number of H-pyrrole nitrogens is 1. The minimum atomic E-state index is -4.68. The molecule has 2 aromatic carbocycles. The normalized spacial score (nSPS) is 14.4. The van der Waals surface area contributed by atoms with Crippen molar-refractivity contribution < 1.29 is 22.7 Å². The number of rotatable bonds is 7. The number of hydrogen-bond donors (Lipinski definition) is 2. The number of ether oxygens (including phenoxy) is 1. The van der Waals surface area contributed by atoms with Gasteiger partial charge in [0.15, 0.2) is 0 Å². The first-order valence-corrected chi connectivity index (χ1v) is 10.3. The van der Waals surface area contributed by atoms with Crippen LogP contribution in [0.15, 0.2) is 48.5 Å². The predicted octanol–water partition coefficient (Wildman–Crippen LogP) is 4.63. The molecule has 4 rings (SSSR count). The van der Waals surface area contributed by atoms with Crippen LogP contribution in [0.3, 0.4) is 0 Å². The summed E-state index contributed by atoms with van der Waals surface area (Å²) in [5.41, 5.74) is 3.42. The number of aromatic amines is 1. The Morgan fingerprint density at radius 2 is 1.94 bits per heavy atom. The van der Waals surface area contributed by atoms with Gasteiger partial charge in [-0.3, -0.25) is 9.69 Å². The van der Waals surface area contributed by atoms with Gasteiger partial charge in [0.2, 0.25) is 0 Å². The van der Waals surface area contributed by atoms with Gasteiger partial charge in [-0.1, -0.05) is 24.3 Å². The number of hydrogen-bond acceptors (Lipinski definition) is 3. The summed E-state index contributed by atoms with van der Waals surface area (Å²) >= 11 is 0. The molecular weight excluding hydrogens is 407 g/mol. The molecule has 8 heteroatoms. The lowest BCUT2D eigenvalue weighted by Gasteiger charge is -2.29. The van der Waals surface area contributed by atoms with Crippen molar-refractivity contribution in [3.05, 3.63) is 65.4 Å². The van der Waals surface area contributed by atoms with E-state index in [4.69, 9.17) is 0 Å². The van der Waals surface area contributed by atoms with Crippen molar-refractivity contribution in [3.63, 3.8) is 0 Å². The maximum atomic E-state index is 12.4. The molecule has 0 saturated carbocycles. The number of benzene rings is 2. The Labute approximate surface area is 178 Å². The number of nitrogens with zero attached hydrogens (tertiary/aromatic N) is 1. The van der Waals surface area contributed by atoms with Crippen LogP contribution < -0.4 is 10.1 Å². The summed E-state index contributed by atoms with van der Waals surface area (Å²) in [5, 5.41) is 3.93. The Hall–Kier alpha value is -3.00. The van der Waals surface area contributed by atoms with E-state index in [0.717, 1.165) is 54.4 Å². The highest BCUT2D eigenvalue weighted by molar-refractivity contribution is 5.97. The van der Waals surface area contributed by atoms with E-state index < -0.39 is 6.36 Å². The minimum Gasteiger partial charge on any atom is -0.406 e. The third-order valence-corrected chi connectivity index (χ3v) is 5.46. The molecule has 0 fully saturated rings. The van der Waals surface area contributed by atoms with Crippen molar-refractivity contribution >= 4 is 16.8 Å². The van der Waals surface area contributed by atoms with Gasteiger partial charge in [-0.15, -0.1) is 13.2 Å². The molecule has 0 unspecified atom stereocenters. The quantitative estimate of drug-likeness (QED) is 0.536. The van der Waals surface area contributed by atoms with Crippen LogP contribution in [0.5, 0.6) is 5.75 Å². The first-order valence-electron chi connectivity index (χ1n) is 10.3. The predicted molar refractivity (Wildman–Crippen MR) is 112 cm³/mol. The van der Waals surface area contributed by atoms with Crippen molar-refractivity contribution in [2.45, 2.75) is 32.2 Å². The molecule has 1 aromatic heterocycles. The molecule has 0 atom stereocenters. The van der Waals surface area contributed by atoms with Crippen LogP contribution in [0.25, 0.3) is 10.9 Å². The molecule has 31 heavy (non-hydrogen) atoms. The van der Waals surface area contributed by atoms with Gasteiger partial charge in [-0.25, -0.2) is 0 Å². The summed E-state index contributed by atoms with van der Waals surface area (Å²) in [7, 11) is 0. The zero-order valence-corrected chi connectivity index (χ0v) is 17.0. The van der Waals surface area contributed by atoms with Crippen LogP contribution >= 0.6 is 0 Å². The molecule has 2 N–H and O–H groups in total. The van der Waals surface area contributed by atoms with Gasteiger partial charge in [0, 0.05) is 30.5 Å². The first-order chi connectivity index (χ1) is 14.9. The van der Waals surface area contributed by atoms with Crippen molar-refractivity contribution in [1.82, 2.24) is 15.2 Å². The Balaban J connectivity index is 1.21. The average Bonchev–Trinajstić information content (AvgIpc) is 3.16. The molecule has 1 amide bonds. The highest BCUT2D eigenvalue weighted by Gasteiger charge is 2.31. The molecule has 2 heterocycles. The fourth-order valence-corrected chi connectivity index (χ4v) is 3.93. The van der Waals surface area contributed by atoms with Crippen molar-refractivity contribution in [2.24, 2.45) is 0 Å². The molecule has 0 radical (unpaired) electrons. The van der Waals surface area contributed by atoms with Crippen LogP contribution in [0.2, 0.25) is 0 Å². The van der Waals surface area contributed by atoms with E-state index in [1.165, 1.54) is 12.1 Å². The zero-order chi connectivity index (χ0) is 21.8. The molecule has 1 aliphatic rings. The second kappa shape index (κ2) is 9.01. The van der Waals surface area contributed by atoms with E-state index >= 15 is 0 Å². The van der Waals surface area contributed by atoms with Gasteiger partial charge < -0.3 is 15.0 Å². The lowest BCUT2D eigenvalue weighted by molar-refractivity contribution is -0.274. The summed E-state index contributed by atoms with van der Waals surface area (Å²) in [4.78, 5) is 17.6. The van der Waals surface area contributed by atoms with E-state index in [1.807, 2.05) is 30.3 Å². The third kappa shape index (κ3) is 5.58. The summed E-state index contributed by atoms with van der Waals surface area (Å²) in [6.45, 7) is 2.87. The summed E-state index contributed by atoms with van der Waals surface area (Å²) < 4.78 is 41.4. The van der Waals surface area contributed by atoms with Crippen molar-refractivity contribution in [3.8, 4) is 5.75 Å². The first kappa shape index (κ1) is 21.2. The smallest absolute Gasteiger partial charge is 0.406 e. The fraction of sp³-hybridized carbons (Fsp3) is 0.348. The van der Waals surface area contributed by atoms with Crippen molar-refractivity contribution in [2.75, 3.05) is 19.6 Å². The number of amides is 1. The highest BCUT2D eigenvalue weighted by atomic mass is 19.4. The molecule has 0 spiro atoms. The van der Waals surface area contributed by atoms with Gasteiger partial charge in [0.25, 0.3) is 5.91 Å². The average molecular weight is 431 g/mol. The summed E-state index contributed by atoms with van der Waals surface area (Å²) in [5.74, 6) is -0.298. The van der Waals surface area contributed by atoms with Crippen LogP contribution in [-0.4, -0.2) is 41.8 Å².